The molecule has 0 aromatic carbocycles. The van der Waals surface area contributed by atoms with Gasteiger partial charge in [0, 0.05) is 23.9 Å². The van der Waals surface area contributed by atoms with Crippen molar-refractivity contribution in [2.45, 2.75) is 69.3 Å². The smallest absolute Gasteiger partial charge is 0.0612 e. The number of rotatable bonds is 5. The van der Waals surface area contributed by atoms with Gasteiger partial charge in [-0.05, 0) is 37.9 Å². The Morgan fingerprint density at radius 2 is 2.06 bits per heavy atom. The molecule has 2 atom stereocenters. The lowest BCUT2D eigenvalue weighted by Gasteiger charge is -2.35. The summed E-state index contributed by atoms with van der Waals surface area (Å²) in [6.45, 7) is 6.68. The zero-order chi connectivity index (χ0) is 13.0. The van der Waals surface area contributed by atoms with Gasteiger partial charge in [0.2, 0.25) is 0 Å². The highest BCUT2D eigenvalue weighted by Gasteiger charge is 2.34. The molecule has 3 heteroatoms. The van der Waals surface area contributed by atoms with Crippen molar-refractivity contribution in [2.24, 2.45) is 5.92 Å². The van der Waals surface area contributed by atoms with Crippen molar-refractivity contribution in [1.82, 2.24) is 5.32 Å². The minimum atomic E-state index is 0.463. The van der Waals surface area contributed by atoms with E-state index in [1.807, 2.05) is 0 Å². The Balaban J connectivity index is 1.78. The molecule has 0 spiro atoms. The predicted molar refractivity (Wildman–Crippen MR) is 80.3 cm³/mol. The molecule has 1 N–H and O–H groups in total. The number of nitrogens with one attached hydrogen (secondary N) is 1. The lowest BCUT2D eigenvalue weighted by Crippen LogP contribution is -2.45. The molecule has 2 rings (SSSR count). The van der Waals surface area contributed by atoms with E-state index < -0.39 is 0 Å². The van der Waals surface area contributed by atoms with Gasteiger partial charge in [-0.1, -0.05) is 26.7 Å². The Morgan fingerprint density at radius 3 is 2.67 bits per heavy atom. The van der Waals surface area contributed by atoms with Gasteiger partial charge >= 0.3 is 0 Å². The third-order valence-electron chi connectivity index (χ3n) is 4.72. The molecule has 1 saturated carbocycles. The summed E-state index contributed by atoms with van der Waals surface area (Å²) >= 11 is 2.08. The lowest BCUT2D eigenvalue weighted by molar-refractivity contribution is -0.0245. The van der Waals surface area contributed by atoms with Gasteiger partial charge in [-0.15, -0.1) is 0 Å². The lowest BCUT2D eigenvalue weighted by atomic mass is 9.95. The Bertz CT molecular complexity index is 251. The van der Waals surface area contributed by atoms with Crippen LogP contribution < -0.4 is 5.32 Å². The van der Waals surface area contributed by atoms with Crippen LogP contribution in [-0.2, 0) is 4.74 Å². The van der Waals surface area contributed by atoms with Crippen LogP contribution in [0.4, 0.5) is 0 Å². The zero-order valence-electron chi connectivity index (χ0n) is 12.2. The van der Waals surface area contributed by atoms with Gasteiger partial charge in [0.1, 0.15) is 0 Å². The van der Waals surface area contributed by atoms with Crippen LogP contribution >= 0.6 is 11.8 Å². The summed E-state index contributed by atoms with van der Waals surface area (Å²) in [6.07, 6.45) is 10.8. The van der Waals surface area contributed by atoms with E-state index in [1.54, 1.807) is 0 Å². The Labute approximate surface area is 117 Å². The van der Waals surface area contributed by atoms with Crippen molar-refractivity contribution in [2.75, 3.05) is 19.4 Å². The molecule has 2 nitrogen and oxygen atoms in total. The fraction of sp³-hybridized carbons (Fsp3) is 1.00. The highest BCUT2D eigenvalue weighted by atomic mass is 32.2. The van der Waals surface area contributed by atoms with E-state index in [2.05, 4.69) is 37.2 Å². The first kappa shape index (κ1) is 14.7. The molecule has 2 unspecified atom stereocenters. The molecule has 0 aromatic rings. The maximum atomic E-state index is 5.85. The third-order valence-corrected chi connectivity index (χ3v) is 6.14. The van der Waals surface area contributed by atoms with Gasteiger partial charge in [0.25, 0.3) is 0 Å². The summed E-state index contributed by atoms with van der Waals surface area (Å²) in [5.74, 6) is 0.649. The summed E-state index contributed by atoms with van der Waals surface area (Å²) in [7, 11) is 0. The second-order valence-corrected chi connectivity index (χ2v) is 7.62. The normalized spacial score (nSPS) is 32.0. The maximum Gasteiger partial charge on any atom is 0.0612 e. The summed E-state index contributed by atoms with van der Waals surface area (Å²) in [4.78, 5) is 0. The van der Waals surface area contributed by atoms with Crippen molar-refractivity contribution in [3.05, 3.63) is 0 Å². The van der Waals surface area contributed by atoms with E-state index in [4.69, 9.17) is 4.74 Å². The second-order valence-electron chi connectivity index (χ2n) is 6.35. The molecule has 0 aromatic heterocycles. The Morgan fingerprint density at radius 1 is 1.33 bits per heavy atom. The van der Waals surface area contributed by atoms with Crippen LogP contribution in [0.25, 0.3) is 0 Å². The van der Waals surface area contributed by atoms with Gasteiger partial charge in [0.15, 0.2) is 0 Å². The van der Waals surface area contributed by atoms with Crippen LogP contribution in [0.1, 0.15) is 52.4 Å². The third kappa shape index (κ3) is 3.64. The van der Waals surface area contributed by atoms with Crippen LogP contribution in [0, 0.1) is 5.92 Å². The number of ether oxygens (including phenoxy) is 1. The highest BCUT2D eigenvalue weighted by Crippen LogP contribution is 2.39. The van der Waals surface area contributed by atoms with Crippen molar-refractivity contribution >= 4 is 11.8 Å². The van der Waals surface area contributed by atoms with Gasteiger partial charge < -0.3 is 10.1 Å². The molecular formula is C15H29NOS. The summed E-state index contributed by atoms with van der Waals surface area (Å²) in [5, 5.41) is 3.84. The molecule has 0 amide bonds. The average molecular weight is 271 g/mol. The standard InChI is InChI=1S/C15H29NOS/c1-12(2)14-10-13(6-9-17-14)16-11-15(18-3)7-4-5-8-15/h12-14,16H,4-11H2,1-3H3. The number of hydrogen-bond acceptors (Lipinski definition) is 3. The first-order valence-electron chi connectivity index (χ1n) is 7.55. The number of hydrogen-bond donors (Lipinski definition) is 1. The average Bonchev–Trinajstić information content (AvgIpc) is 2.86. The molecule has 1 aliphatic heterocycles. The van der Waals surface area contributed by atoms with Crippen LogP contribution in [0.3, 0.4) is 0 Å². The van der Waals surface area contributed by atoms with Crippen molar-refractivity contribution in [3.63, 3.8) is 0 Å². The van der Waals surface area contributed by atoms with Gasteiger partial charge in [-0.3, -0.25) is 0 Å². The minimum absolute atomic E-state index is 0.463. The van der Waals surface area contributed by atoms with Gasteiger partial charge in [-0.2, -0.15) is 11.8 Å². The quantitative estimate of drug-likeness (QED) is 0.827. The van der Waals surface area contributed by atoms with Crippen molar-refractivity contribution in [3.8, 4) is 0 Å². The predicted octanol–water partition coefficient (Wildman–Crippen LogP) is 3.46. The summed E-state index contributed by atoms with van der Waals surface area (Å²) < 4.78 is 6.38. The van der Waals surface area contributed by atoms with E-state index >= 15 is 0 Å². The van der Waals surface area contributed by atoms with Crippen LogP contribution in [-0.4, -0.2) is 36.3 Å². The minimum Gasteiger partial charge on any atom is -0.378 e. The van der Waals surface area contributed by atoms with E-state index in [1.165, 1.54) is 45.1 Å². The van der Waals surface area contributed by atoms with Gasteiger partial charge in [-0.25, -0.2) is 0 Å². The SMILES string of the molecule is CSC1(CNC2CCOC(C(C)C)C2)CCCC1. The number of thioether (sulfide) groups is 1. The Hall–Kier alpha value is 0.270. The first-order valence-corrected chi connectivity index (χ1v) is 8.78. The van der Waals surface area contributed by atoms with E-state index in [9.17, 15) is 0 Å². The zero-order valence-corrected chi connectivity index (χ0v) is 13.0. The van der Waals surface area contributed by atoms with E-state index in [0.29, 0.717) is 22.8 Å². The largest absolute Gasteiger partial charge is 0.378 e. The molecule has 0 bridgehead atoms. The van der Waals surface area contributed by atoms with Crippen molar-refractivity contribution in [1.29, 1.82) is 0 Å². The molecule has 1 saturated heterocycles. The molecule has 2 aliphatic rings. The topological polar surface area (TPSA) is 21.3 Å². The molecule has 2 fully saturated rings. The summed E-state index contributed by atoms with van der Waals surface area (Å²) in [5.41, 5.74) is 0. The fourth-order valence-corrected chi connectivity index (χ4v) is 4.21. The maximum absolute atomic E-state index is 5.85. The molecule has 1 heterocycles. The molecule has 1 aliphatic carbocycles. The first-order chi connectivity index (χ1) is 8.65. The second kappa shape index (κ2) is 6.62. The molecule has 106 valence electrons. The highest BCUT2D eigenvalue weighted by molar-refractivity contribution is 8.00. The molecule has 18 heavy (non-hydrogen) atoms. The van der Waals surface area contributed by atoms with E-state index in [-0.39, 0.29) is 0 Å². The Kier molecular flexibility index (Phi) is 5.40. The van der Waals surface area contributed by atoms with Gasteiger partial charge in [0.05, 0.1) is 6.10 Å². The molecule has 0 radical (unpaired) electrons. The van der Waals surface area contributed by atoms with Crippen molar-refractivity contribution < 1.29 is 4.74 Å². The van der Waals surface area contributed by atoms with Crippen LogP contribution in [0.5, 0.6) is 0 Å². The molecular weight excluding hydrogens is 242 g/mol. The fourth-order valence-electron chi connectivity index (χ4n) is 3.28. The summed E-state index contributed by atoms with van der Waals surface area (Å²) in [6, 6.07) is 0.677. The van der Waals surface area contributed by atoms with Crippen LogP contribution in [0.2, 0.25) is 0 Å². The van der Waals surface area contributed by atoms with E-state index in [0.717, 1.165) is 6.61 Å². The van der Waals surface area contributed by atoms with Crippen LogP contribution in [0.15, 0.2) is 0 Å². The monoisotopic (exact) mass is 271 g/mol.